The van der Waals surface area contributed by atoms with Crippen LogP contribution >= 0.6 is 0 Å². The Balaban J connectivity index is 1.69. The molecule has 0 aliphatic rings. The van der Waals surface area contributed by atoms with Crippen LogP contribution in [0.15, 0.2) is 60.6 Å². The van der Waals surface area contributed by atoms with E-state index in [-0.39, 0.29) is 18.9 Å². The molecule has 0 radical (unpaired) electrons. The van der Waals surface area contributed by atoms with Crippen LogP contribution in [0.25, 0.3) is 0 Å². The molecule has 29 heavy (non-hydrogen) atoms. The van der Waals surface area contributed by atoms with Crippen molar-refractivity contribution in [2.24, 2.45) is 0 Å². The molecule has 0 aliphatic heterocycles. The number of nitrogens with one attached hydrogen (secondary N) is 1. The van der Waals surface area contributed by atoms with Gasteiger partial charge in [-0.25, -0.2) is 0 Å². The first-order valence-electron chi connectivity index (χ1n) is 9.56. The maximum absolute atomic E-state index is 12.1. The summed E-state index contributed by atoms with van der Waals surface area (Å²) in [7, 11) is 0. The predicted octanol–water partition coefficient (Wildman–Crippen LogP) is 2.61. The number of benzene rings is 1. The fraction of sp³-hybridized carbons (Fsp3) is 0.364. The minimum absolute atomic E-state index is 0.126. The fourth-order valence-electron chi connectivity index (χ4n) is 2.36. The molecule has 0 saturated carbocycles. The largest absolute Gasteiger partial charge is 0.491 e. The summed E-state index contributed by atoms with van der Waals surface area (Å²) in [6.07, 6.45) is 3.89. The number of aromatic nitrogens is 1. The van der Waals surface area contributed by atoms with Crippen LogP contribution in [0.5, 0.6) is 11.5 Å². The van der Waals surface area contributed by atoms with Crippen LogP contribution < -0.4 is 14.8 Å². The molecule has 1 atom stereocenters. The van der Waals surface area contributed by atoms with Crippen molar-refractivity contribution in [1.82, 2.24) is 10.3 Å². The number of rotatable bonds is 13. The third-order valence-electron chi connectivity index (χ3n) is 3.88. The number of aliphatic hydroxyl groups is 1. The number of ketones is 1. The maximum atomic E-state index is 12.1. The van der Waals surface area contributed by atoms with E-state index in [1.165, 1.54) is 12.3 Å². The van der Waals surface area contributed by atoms with Crippen molar-refractivity contribution in [3.05, 3.63) is 66.1 Å². The van der Waals surface area contributed by atoms with Crippen LogP contribution in [0.2, 0.25) is 0 Å². The van der Waals surface area contributed by atoms with E-state index < -0.39 is 6.10 Å². The third kappa shape index (κ3) is 8.76. The molecule has 0 saturated heterocycles. The number of hydrogen-bond donors (Lipinski definition) is 2. The molecule has 0 fully saturated rings. The van der Waals surface area contributed by atoms with Gasteiger partial charge in [-0.3, -0.25) is 9.78 Å². The van der Waals surface area contributed by atoms with Gasteiger partial charge < -0.3 is 24.6 Å². The van der Waals surface area contributed by atoms with Crippen molar-refractivity contribution in [2.45, 2.75) is 20.0 Å². The molecular weight excluding hydrogens is 372 g/mol. The zero-order valence-electron chi connectivity index (χ0n) is 16.8. The molecule has 156 valence electrons. The standard InChI is InChI=1S/C22H28N2O5/c1-3-27-11-12-28-20-6-8-21(9-7-20)29-16-19(25)15-24-17(2)13-22(26)18-5-4-10-23-14-18/h4-10,13-14,19,24-25H,3,11-12,15-16H2,1-2H3. The van der Waals surface area contributed by atoms with Crippen LogP contribution in [0.3, 0.4) is 0 Å². The van der Waals surface area contributed by atoms with E-state index in [1.54, 1.807) is 37.4 Å². The van der Waals surface area contributed by atoms with E-state index in [9.17, 15) is 9.90 Å². The van der Waals surface area contributed by atoms with Crippen LogP contribution in [-0.4, -0.2) is 55.0 Å². The Morgan fingerprint density at radius 1 is 1.17 bits per heavy atom. The smallest absolute Gasteiger partial charge is 0.189 e. The molecule has 1 heterocycles. The molecule has 1 aromatic heterocycles. The number of pyridine rings is 1. The zero-order valence-corrected chi connectivity index (χ0v) is 16.8. The maximum Gasteiger partial charge on any atom is 0.189 e. The Kier molecular flexibility index (Phi) is 9.68. The molecule has 2 N–H and O–H groups in total. The summed E-state index contributed by atoms with van der Waals surface area (Å²) in [5.41, 5.74) is 1.18. The molecule has 0 amide bonds. The van der Waals surface area contributed by atoms with Gasteiger partial charge in [0.25, 0.3) is 0 Å². The summed E-state index contributed by atoms with van der Waals surface area (Å²) in [6, 6.07) is 10.6. The summed E-state index contributed by atoms with van der Waals surface area (Å²) in [5, 5.41) is 13.1. The van der Waals surface area contributed by atoms with E-state index in [2.05, 4.69) is 10.3 Å². The number of aliphatic hydroxyl groups excluding tert-OH is 1. The number of allylic oxidation sites excluding steroid dienone is 2. The van der Waals surface area contributed by atoms with Crippen LogP contribution in [0.4, 0.5) is 0 Å². The summed E-state index contributed by atoms with van der Waals surface area (Å²) in [5.74, 6) is 1.23. The van der Waals surface area contributed by atoms with Crippen LogP contribution in [0.1, 0.15) is 24.2 Å². The van der Waals surface area contributed by atoms with Crippen molar-refractivity contribution < 1.29 is 24.1 Å². The van der Waals surface area contributed by atoms with Gasteiger partial charge in [0.05, 0.1) is 6.61 Å². The van der Waals surface area contributed by atoms with Gasteiger partial charge in [0.2, 0.25) is 0 Å². The van der Waals surface area contributed by atoms with E-state index in [0.29, 0.717) is 36.8 Å². The summed E-state index contributed by atoms with van der Waals surface area (Å²) < 4.78 is 16.3. The Bertz CT molecular complexity index is 763. The first-order chi connectivity index (χ1) is 14.1. The summed E-state index contributed by atoms with van der Waals surface area (Å²) in [4.78, 5) is 16.0. The van der Waals surface area contributed by atoms with Crippen molar-refractivity contribution in [3.8, 4) is 11.5 Å². The molecule has 1 unspecified atom stereocenters. The first kappa shape index (κ1) is 22.4. The molecule has 0 bridgehead atoms. The van der Waals surface area contributed by atoms with Crippen molar-refractivity contribution in [3.63, 3.8) is 0 Å². The fourth-order valence-corrected chi connectivity index (χ4v) is 2.36. The lowest BCUT2D eigenvalue weighted by atomic mass is 10.1. The number of nitrogens with zero attached hydrogens (tertiary/aromatic N) is 1. The SMILES string of the molecule is CCOCCOc1ccc(OCC(O)CNC(C)=CC(=O)c2cccnc2)cc1. The van der Waals surface area contributed by atoms with Crippen LogP contribution in [-0.2, 0) is 4.74 Å². The molecule has 2 rings (SSSR count). The highest BCUT2D eigenvalue weighted by Crippen LogP contribution is 2.17. The Morgan fingerprint density at radius 3 is 2.55 bits per heavy atom. The Morgan fingerprint density at radius 2 is 1.90 bits per heavy atom. The van der Waals surface area contributed by atoms with Gasteiger partial charge in [0, 0.05) is 42.9 Å². The number of carbonyl (C=O) groups excluding carboxylic acids is 1. The number of carbonyl (C=O) groups is 1. The summed E-state index contributed by atoms with van der Waals surface area (Å²) >= 11 is 0. The van der Waals surface area contributed by atoms with Gasteiger partial charge >= 0.3 is 0 Å². The second kappa shape index (κ2) is 12.5. The second-order valence-electron chi connectivity index (χ2n) is 6.30. The Hall–Kier alpha value is -2.90. The molecule has 0 aliphatic carbocycles. The zero-order chi connectivity index (χ0) is 20.9. The second-order valence-corrected chi connectivity index (χ2v) is 6.30. The lowest BCUT2D eigenvalue weighted by Crippen LogP contribution is -2.30. The Labute approximate surface area is 171 Å². The van der Waals surface area contributed by atoms with Gasteiger partial charge in [-0.15, -0.1) is 0 Å². The topological polar surface area (TPSA) is 89.9 Å². The van der Waals surface area contributed by atoms with E-state index in [0.717, 1.165) is 5.75 Å². The average molecular weight is 400 g/mol. The van der Waals surface area contributed by atoms with Gasteiger partial charge in [-0.2, -0.15) is 0 Å². The van der Waals surface area contributed by atoms with Crippen molar-refractivity contribution in [1.29, 1.82) is 0 Å². The monoisotopic (exact) mass is 400 g/mol. The highest BCUT2D eigenvalue weighted by Gasteiger charge is 2.07. The van der Waals surface area contributed by atoms with Gasteiger partial charge in [-0.1, -0.05) is 0 Å². The van der Waals surface area contributed by atoms with E-state index >= 15 is 0 Å². The van der Waals surface area contributed by atoms with Crippen LogP contribution in [0, 0.1) is 0 Å². The first-order valence-corrected chi connectivity index (χ1v) is 9.56. The van der Waals surface area contributed by atoms with Gasteiger partial charge in [0.1, 0.15) is 30.8 Å². The van der Waals surface area contributed by atoms with Gasteiger partial charge in [0.15, 0.2) is 5.78 Å². The third-order valence-corrected chi connectivity index (χ3v) is 3.88. The van der Waals surface area contributed by atoms with E-state index in [1.807, 2.05) is 19.1 Å². The predicted molar refractivity (Wildman–Crippen MR) is 110 cm³/mol. The lowest BCUT2D eigenvalue weighted by Gasteiger charge is -2.14. The average Bonchev–Trinajstić information content (AvgIpc) is 2.75. The molecule has 1 aromatic carbocycles. The number of hydrogen-bond acceptors (Lipinski definition) is 7. The minimum Gasteiger partial charge on any atom is -0.491 e. The van der Waals surface area contributed by atoms with Crippen molar-refractivity contribution >= 4 is 5.78 Å². The molecular formula is C22H28N2O5. The highest BCUT2D eigenvalue weighted by molar-refractivity contribution is 6.04. The van der Waals surface area contributed by atoms with Gasteiger partial charge in [-0.05, 0) is 50.2 Å². The van der Waals surface area contributed by atoms with E-state index in [4.69, 9.17) is 14.2 Å². The summed E-state index contributed by atoms with van der Waals surface area (Å²) in [6.45, 7) is 5.82. The molecule has 7 heteroatoms. The molecule has 0 spiro atoms. The number of ether oxygens (including phenoxy) is 3. The quantitative estimate of drug-likeness (QED) is 0.303. The lowest BCUT2D eigenvalue weighted by molar-refractivity contribution is 0.103. The molecule has 2 aromatic rings. The highest BCUT2D eigenvalue weighted by atomic mass is 16.5. The minimum atomic E-state index is -0.728. The normalized spacial score (nSPS) is 12.3. The van der Waals surface area contributed by atoms with Crippen molar-refractivity contribution in [2.75, 3.05) is 33.0 Å². The molecule has 7 nitrogen and oxygen atoms in total.